The minimum atomic E-state index is -0.155. The number of rotatable bonds is 4. The number of nitrogens with zero attached hydrogens (tertiary/aromatic N) is 1. The van der Waals surface area contributed by atoms with Crippen LogP contribution in [0.5, 0.6) is 11.5 Å². The maximum Gasteiger partial charge on any atom is 0.226 e. The summed E-state index contributed by atoms with van der Waals surface area (Å²) >= 11 is 1.50. The number of benzene rings is 1. The number of aromatic hydroxyl groups is 2. The van der Waals surface area contributed by atoms with Crippen LogP contribution in [0.25, 0.3) is 11.3 Å². The number of phenolic OH excluding ortho intramolecular Hbond substituents is 2. The molecule has 0 aliphatic heterocycles. The minimum Gasteiger partial charge on any atom is -0.504 e. The maximum atomic E-state index is 13.0. The second-order valence-corrected chi connectivity index (χ2v) is 9.65. The topological polar surface area (TPSA) is 82.5 Å². The Hall–Kier alpha value is -2.08. The summed E-state index contributed by atoms with van der Waals surface area (Å²) in [6.07, 6.45) is 7.22. The Morgan fingerprint density at radius 2 is 1.78 bits per heavy atom. The number of amides is 1. The third-order valence-corrected chi connectivity index (χ3v) is 7.59. The predicted octanol–water partition coefficient (Wildman–Crippen LogP) is 4.05. The highest BCUT2D eigenvalue weighted by Gasteiger charge is 2.54. The first-order valence-corrected chi connectivity index (χ1v) is 10.6. The summed E-state index contributed by atoms with van der Waals surface area (Å²) in [6.45, 7) is 0.454. The van der Waals surface area contributed by atoms with Crippen LogP contribution in [-0.2, 0) is 11.3 Å². The molecule has 4 saturated carbocycles. The lowest BCUT2D eigenvalue weighted by molar-refractivity contribution is -0.146. The van der Waals surface area contributed by atoms with Crippen molar-refractivity contribution in [2.45, 2.75) is 45.1 Å². The van der Waals surface area contributed by atoms with Crippen molar-refractivity contribution in [1.29, 1.82) is 0 Å². The van der Waals surface area contributed by atoms with Gasteiger partial charge in [0.05, 0.1) is 12.2 Å². The van der Waals surface area contributed by atoms with Gasteiger partial charge in [0.2, 0.25) is 5.91 Å². The molecule has 1 heterocycles. The highest BCUT2D eigenvalue weighted by molar-refractivity contribution is 7.09. The van der Waals surface area contributed by atoms with E-state index < -0.39 is 0 Å². The molecule has 5 nitrogen and oxygen atoms in total. The van der Waals surface area contributed by atoms with Gasteiger partial charge in [0.15, 0.2) is 11.5 Å². The van der Waals surface area contributed by atoms with Crippen LogP contribution in [0.4, 0.5) is 0 Å². The molecule has 0 atom stereocenters. The lowest BCUT2D eigenvalue weighted by atomic mass is 9.49. The molecule has 1 amide bonds. The number of nitrogens with one attached hydrogen (secondary N) is 1. The van der Waals surface area contributed by atoms with E-state index in [0.29, 0.717) is 6.54 Å². The van der Waals surface area contributed by atoms with E-state index in [1.54, 1.807) is 6.07 Å². The molecular weight excluding hydrogens is 360 g/mol. The molecule has 0 unspecified atom stereocenters. The van der Waals surface area contributed by atoms with Gasteiger partial charge in [0.25, 0.3) is 0 Å². The molecule has 6 heteroatoms. The van der Waals surface area contributed by atoms with Gasteiger partial charge in [-0.05, 0) is 74.5 Å². The number of carbonyl (C=O) groups is 1. The molecule has 142 valence electrons. The summed E-state index contributed by atoms with van der Waals surface area (Å²) in [5.74, 6) is 2.21. The summed E-state index contributed by atoms with van der Waals surface area (Å²) in [4.78, 5) is 17.6. The summed E-state index contributed by atoms with van der Waals surface area (Å²) in [7, 11) is 0. The minimum absolute atomic E-state index is 0.127. The van der Waals surface area contributed by atoms with E-state index in [9.17, 15) is 15.0 Å². The van der Waals surface area contributed by atoms with Crippen LogP contribution in [0.3, 0.4) is 0 Å². The molecule has 0 radical (unpaired) electrons. The molecule has 1 aromatic carbocycles. The Kier molecular flexibility index (Phi) is 3.93. The quantitative estimate of drug-likeness (QED) is 0.695. The third kappa shape index (κ3) is 3.00. The van der Waals surface area contributed by atoms with E-state index in [1.807, 2.05) is 5.38 Å². The van der Waals surface area contributed by atoms with Crippen LogP contribution in [0.15, 0.2) is 23.6 Å². The molecule has 4 aliphatic rings. The average molecular weight is 385 g/mol. The Labute approximate surface area is 162 Å². The number of hydrogen-bond donors (Lipinski definition) is 3. The van der Waals surface area contributed by atoms with Crippen LogP contribution in [-0.4, -0.2) is 21.1 Å². The summed E-state index contributed by atoms with van der Waals surface area (Å²) in [6, 6.07) is 4.68. The van der Waals surface area contributed by atoms with Crippen LogP contribution in [0.1, 0.15) is 43.5 Å². The number of thiazole rings is 1. The van der Waals surface area contributed by atoms with Crippen molar-refractivity contribution in [3.8, 4) is 22.8 Å². The second-order valence-electron chi connectivity index (χ2n) is 8.71. The van der Waals surface area contributed by atoms with E-state index in [0.717, 1.165) is 53.3 Å². The van der Waals surface area contributed by atoms with Gasteiger partial charge in [0.1, 0.15) is 5.01 Å². The Morgan fingerprint density at radius 3 is 2.41 bits per heavy atom. The first-order chi connectivity index (χ1) is 13.0. The van der Waals surface area contributed by atoms with Crippen molar-refractivity contribution < 1.29 is 15.0 Å². The van der Waals surface area contributed by atoms with Crippen LogP contribution < -0.4 is 5.32 Å². The van der Waals surface area contributed by atoms with Gasteiger partial charge in [-0.2, -0.15) is 0 Å². The largest absolute Gasteiger partial charge is 0.504 e. The van der Waals surface area contributed by atoms with Gasteiger partial charge in [-0.15, -0.1) is 11.3 Å². The lowest BCUT2D eigenvalue weighted by Gasteiger charge is -2.55. The average Bonchev–Trinajstić information content (AvgIpc) is 3.10. The zero-order valence-electron chi connectivity index (χ0n) is 15.1. The summed E-state index contributed by atoms with van der Waals surface area (Å²) in [5.41, 5.74) is 1.37. The molecule has 1 aromatic heterocycles. The molecule has 0 spiro atoms. The van der Waals surface area contributed by atoms with Crippen molar-refractivity contribution >= 4 is 17.2 Å². The van der Waals surface area contributed by atoms with Gasteiger partial charge in [-0.25, -0.2) is 4.98 Å². The first kappa shape index (κ1) is 17.0. The molecule has 4 fully saturated rings. The molecule has 4 aliphatic carbocycles. The van der Waals surface area contributed by atoms with E-state index in [2.05, 4.69) is 10.3 Å². The molecule has 4 bridgehead atoms. The van der Waals surface area contributed by atoms with Gasteiger partial charge >= 0.3 is 0 Å². The molecule has 0 saturated heterocycles. The Balaban J connectivity index is 1.26. The Bertz CT molecular complexity index is 856. The number of carbonyl (C=O) groups excluding carboxylic acids is 1. The maximum absolute atomic E-state index is 13.0. The van der Waals surface area contributed by atoms with Gasteiger partial charge < -0.3 is 15.5 Å². The van der Waals surface area contributed by atoms with E-state index in [-0.39, 0.29) is 22.8 Å². The fourth-order valence-electron chi connectivity index (χ4n) is 5.94. The van der Waals surface area contributed by atoms with Crippen molar-refractivity contribution in [3.63, 3.8) is 0 Å². The normalized spacial score (nSPS) is 31.2. The third-order valence-electron chi connectivity index (χ3n) is 6.74. The standard InChI is InChI=1S/C21H24N2O3S/c24-17-2-1-15(6-18(17)25)16-11-27-19(23-16)10-22-20(26)21-7-12-3-13(8-21)5-14(4-12)9-21/h1-2,6,11-14,24-25H,3-5,7-10H2,(H,22,26). The lowest BCUT2D eigenvalue weighted by Crippen LogP contribution is -2.53. The van der Waals surface area contributed by atoms with Gasteiger partial charge in [0, 0.05) is 16.4 Å². The molecule has 3 N–H and O–H groups in total. The second kappa shape index (κ2) is 6.23. The highest BCUT2D eigenvalue weighted by Crippen LogP contribution is 2.60. The first-order valence-electron chi connectivity index (χ1n) is 9.76. The fourth-order valence-corrected chi connectivity index (χ4v) is 6.68. The Morgan fingerprint density at radius 1 is 1.11 bits per heavy atom. The zero-order valence-corrected chi connectivity index (χ0v) is 16.0. The SMILES string of the molecule is O=C(NCc1nc(-c2ccc(O)c(O)c2)cs1)C12CC3CC(CC(C3)C1)C2. The molecule has 6 rings (SSSR count). The monoisotopic (exact) mass is 384 g/mol. The van der Waals surface area contributed by atoms with Crippen LogP contribution in [0.2, 0.25) is 0 Å². The van der Waals surface area contributed by atoms with Crippen molar-refractivity contribution in [2.24, 2.45) is 23.2 Å². The van der Waals surface area contributed by atoms with Crippen molar-refractivity contribution in [3.05, 3.63) is 28.6 Å². The fraction of sp³-hybridized carbons (Fsp3) is 0.524. The number of hydrogen-bond acceptors (Lipinski definition) is 5. The van der Waals surface area contributed by atoms with Crippen LogP contribution >= 0.6 is 11.3 Å². The van der Waals surface area contributed by atoms with E-state index in [1.165, 1.54) is 42.7 Å². The molecular formula is C21H24N2O3S. The predicted molar refractivity (Wildman–Crippen MR) is 103 cm³/mol. The highest BCUT2D eigenvalue weighted by atomic mass is 32.1. The zero-order chi connectivity index (χ0) is 18.6. The molecule has 2 aromatic rings. The van der Waals surface area contributed by atoms with Gasteiger partial charge in [-0.1, -0.05) is 0 Å². The summed E-state index contributed by atoms with van der Waals surface area (Å²) < 4.78 is 0. The van der Waals surface area contributed by atoms with E-state index >= 15 is 0 Å². The summed E-state index contributed by atoms with van der Waals surface area (Å²) in [5, 5.41) is 25.0. The van der Waals surface area contributed by atoms with E-state index in [4.69, 9.17) is 0 Å². The van der Waals surface area contributed by atoms with Crippen molar-refractivity contribution in [2.75, 3.05) is 0 Å². The van der Waals surface area contributed by atoms with Crippen molar-refractivity contribution in [1.82, 2.24) is 10.3 Å². The number of phenols is 2. The van der Waals surface area contributed by atoms with Crippen LogP contribution in [0, 0.1) is 23.2 Å². The number of aromatic nitrogens is 1. The smallest absolute Gasteiger partial charge is 0.226 e. The molecule has 27 heavy (non-hydrogen) atoms. The van der Waals surface area contributed by atoms with Gasteiger partial charge in [-0.3, -0.25) is 4.79 Å².